The molecule has 0 fully saturated rings. The van der Waals surface area contributed by atoms with Crippen molar-refractivity contribution in [3.8, 4) is 0 Å². The molecule has 0 unspecified atom stereocenters. The number of H-pyrrole nitrogens is 1. The van der Waals surface area contributed by atoms with Gasteiger partial charge in [-0.2, -0.15) is 0 Å². The number of aromatic nitrogens is 1. The highest BCUT2D eigenvalue weighted by Crippen LogP contribution is 2.34. The molecule has 0 atom stereocenters. The van der Waals surface area contributed by atoms with Crippen LogP contribution in [0.4, 0.5) is 4.39 Å². The SMILES string of the molecule is COC(=O)c1cc(F)c2[nH]c3c(c2c1)C(=O)c1ccccc1C3=O. The molecule has 0 radical (unpaired) electrons. The minimum atomic E-state index is -0.730. The van der Waals surface area contributed by atoms with Crippen molar-refractivity contribution in [2.24, 2.45) is 0 Å². The highest BCUT2D eigenvalue weighted by atomic mass is 19.1. The van der Waals surface area contributed by atoms with Crippen LogP contribution in [0.25, 0.3) is 10.9 Å². The van der Waals surface area contributed by atoms with Crippen LogP contribution in [-0.2, 0) is 4.74 Å². The van der Waals surface area contributed by atoms with Crippen LogP contribution >= 0.6 is 0 Å². The van der Waals surface area contributed by atoms with Crippen LogP contribution in [0.2, 0.25) is 0 Å². The number of methoxy groups -OCH3 is 1. The largest absolute Gasteiger partial charge is 0.465 e. The molecule has 4 rings (SSSR count). The highest BCUT2D eigenvalue weighted by Gasteiger charge is 2.33. The lowest BCUT2D eigenvalue weighted by Crippen LogP contribution is -2.20. The Labute approximate surface area is 135 Å². The average molecular weight is 323 g/mol. The topological polar surface area (TPSA) is 76.2 Å². The molecule has 0 spiro atoms. The molecule has 0 bridgehead atoms. The van der Waals surface area contributed by atoms with Crippen molar-refractivity contribution >= 4 is 28.4 Å². The van der Waals surface area contributed by atoms with E-state index >= 15 is 0 Å². The van der Waals surface area contributed by atoms with Gasteiger partial charge in [-0.3, -0.25) is 9.59 Å². The van der Waals surface area contributed by atoms with Gasteiger partial charge in [0.2, 0.25) is 5.78 Å². The van der Waals surface area contributed by atoms with Crippen LogP contribution in [0.3, 0.4) is 0 Å². The molecule has 6 heteroatoms. The predicted octanol–water partition coefficient (Wildman–Crippen LogP) is 2.87. The summed E-state index contributed by atoms with van der Waals surface area (Å²) in [6.45, 7) is 0. The monoisotopic (exact) mass is 323 g/mol. The molecule has 0 saturated carbocycles. The summed E-state index contributed by atoms with van der Waals surface area (Å²) in [6.07, 6.45) is 0. The molecule has 0 amide bonds. The molecular formula is C18H10FNO4. The fourth-order valence-corrected chi connectivity index (χ4v) is 3.04. The fraction of sp³-hybridized carbons (Fsp3) is 0.0556. The zero-order valence-electron chi connectivity index (χ0n) is 12.5. The van der Waals surface area contributed by atoms with Gasteiger partial charge in [-0.15, -0.1) is 0 Å². The normalized spacial score (nSPS) is 12.9. The van der Waals surface area contributed by atoms with Crippen LogP contribution in [0.15, 0.2) is 36.4 Å². The van der Waals surface area contributed by atoms with E-state index in [1.807, 2.05) is 0 Å². The van der Waals surface area contributed by atoms with Crippen LogP contribution < -0.4 is 0 Å². The van der Waals surface area contributed by atoms with Gasteiger partial charge in [-0.1, -0.05) is 24.3 Å². The van der Waals surface area contributed by atoms with E-state index in [2.05, 4.69) is 9.72 Å². The number of ether oxygens (including phenoxy) is 1. The number of esters is 1. The zero-order chi connectivity index (χ0) is 17.0. The lowest BCUT2D eigenvalue weighted by molar-refractivity contribution is 0.0600. The smallest absolute Gasteiger partial charge is 0.337 e. The summed E-state index contributed by atoms with van der Waals surface area (Å²) >= 11 is 0. The van der Waals surface area contributed by atoms with Crippen LogP contribution in [0.1, 0.15) is 42.3 Å². The number of aromatic amines is 1. The quantitative estimate of drug-likeness (QED) is 0.547. The number of benzene rings is 2. The second kappa shape index (κ2) is 4.86. The third-order valence-electron chi connectivity index (χ3n) is 4.15. The standard InChI is InChI=1S/C18H10FNO4/c1-24-18(23)8-6-11-13-15(20-14(11)12(19)7-8)17(22)10-5-3-2-4-9(10)16(13)21/h2-7,20H,1H3. The van der Waals surface area contributed by atoms with Gasteiger partial charge < -0.3 is 9.72 Å². The van der Waals surface area contributed by atoms with Crippen molar-refractivity contribution in [1.82, 2.24) is 4.98 Å². The molecule has 0 aliphatic heterocycles. The number of carbonyl (C=O) groups is 3. The molecule has 5 nitrogen and oxygen atoms in total. The van der Waals surface area contributed by atoms with E-state index in [0.29, 0.717) is 0 Å². The Hall–Kier alpha value is -3.28. The number of carbonyl (C=O) groups excluding carboxylic acids is 3. The molecule has 1 N–H and O–H groups in total. The van der Waals surface area contributed by atoms with Crippen LogP contribution in [-0.4, -0.2) is 29.6 Å². The molecule has 1 aliphatic carbocycles. The van der Waals surface area contributed by atoms with Gasteiger partial charge in [0.05, 0.1) is 29.4 Å². The summed E-state index contributed by atoms with van der Waals surface area (Å²) in [4.78, 5) is 39.8. The van der Waals surface area contributed by atoms with E-state index in [1.54, 1.807) is 24.3 Å². The number of rotatable bonds is 1. The second-order valence-corrected chi connectivity index (χ2v) is 5.45. The Morgan fingerprint density at radius 3 is 2.42 bits per heavy atom. The molecule has 1 aliphatic rings. The van der Waals surface area contributed by atoms with Gasteiger partial charge in [0.15, 0.2) is 5.78 Å². The summed E-state index contributed by atoms with van der Waals surface area (Å²) in [7, 11) is 1.18. The van der Waals surface area contributed by atoms with Gasteiger partial charge in [0.1, 0.15) is 5.82 Å². The number of fused-ring (bicyclic) bond motifs is 4. The first-order chi connectivity index (χ1) is 11.5. The molecule has 3 aromatic rings. The van der Waals surface area contributed by atoms with Crippen molar-refractivity contribution in [3.05, 3.63) is 70.2 Å². The van der Waals surface area contributed by atoms with Crippen molar-refractivity contribution in [3.63, 3.8) is 0 Å². The molecular weight excluding hydrogens is 313 g/mol. The average Bonchev–Trinajstić information content (AvgIpc) is 2.99. The summed E-state index contributed by atoms with van der Waals surface area (Å²) in [6, 6.07) is 8.80. The number of halogens is 1. The van der Waals surface area contributed by atoms with E-state index in [1.165, 1.54) is 13.2 Å². The van der Waals surface area contributed by atoms with Crippen molar-refractivity contribution in [1.29, 1.82) is 0 Å². The van der Waals surface area contributed by atoms with Gasteiger partial charge in [0.25, 0.3) is 0 Å². The maximum atomic E-state index is 14.4. The Balaban J connectivity index is 2.06. The maximum Gasteiger partial charge on any atom is 0.337 e. The zero-order valence-corrected chi connectivity index (χ0v) is 12.5. The summed E-state index contributed by atoms with van der Waals surface area (Å²) in [5.74, 6) is -2.21. The first-order valence-electron chi connectivity index (χ1n) is 7.15. The predicted molar refractivity (Wildman–Crippen MR) is 82.9 cm³/mol. The third kappa shape index (κ3) is 1.76. The number of ketones is 2. The summed E-state index contributed by atoms with van der Waals surface area (Å²) in [5.41, 5.74) is 0.647. The van der Waals surface area contributed by atoms with E-state index in [4.69, 9.17) is 0 Å². The summed E-state index contributed by atoms with van der Waals surface area (Å²) < 4.78 is 18.9. The fourth-order valence-electron chi connectivity index (χ4n) is 3.04. The van der Waals surface area contributed by atoms with Gasteiger partial charge in [-0.05, 0) is 12.1 Å². The molecule has 0 saturated heterocycles. The molecule has 24 heavy (non-hydrogen) atoms. The minimum Gasteiger partial charge on any atom is -0.465 e. The van der Waals surface area contributed by atoms with E-state index in [-0.39, 0.29) is 50.4 Å². The number of nitrogens with one attached hydrogen (secondary N) is 1. The Kier molecular flexibility index (Phi) is 2.90. The Bertz CT molecular complexity index is 1060. The van der Waals surface area contributed by atoms with Gasteiger partial charge in [0, 0.05) is 16.5 Å². The third-order valence-corrected chi connectivity index (χ3v) is 4.15. The van der Waals surface area contributed by atoms with Crippen molar-refractivity contribution in [2.75, 3.05) is 7.11 Å². The van der Waals surface area contributed by atoms with Crippen LogP contribution in [0.5, 0.6) is 0 Å². The second-order valence-electron chi connectivity index (χ2n) is 5.45. The molecule has 118 valence electrons. The van der Waals surface area contributed by atoms with E-state index in [0.717, 1.165) is 6.07 Å². The van der Waals surface area contributed by atoms with Gasteiger partial charge >= 0.3 is 5.97 Å². The number of hydrogen-bond acceptors (Lipinski definition) is 4. The van der Waals surface area contributed by atoms with Crippen LogP contribution in [0, 0.1) is 5.82 Å². The first-order valence-corrected chi connectivity index (χ1v) is 7.15. The lowest BCUT2D eigenvalue weighted by atomic mass is 9.87. The van der Waals surface area contributed by atoms with E-state index in [9.17, 15) is 18.8 Å². The Morgan fingerprint density at radius 2 is 1.75 bits per heavy atom. The molecule has 2 aromatic carbocycles. The first kappa shape index (κ1) is 14.3. The number of hydrogen-bond donors (Lipinski definition) is 1. The minimum absolute atomic E-state index is 0.0159. The lowest BCUT2D eigenvalue weighted by Gasteiger charge is -2.13. The van der Waals surface area contributed by atoms with Gasteiger partial charge in [-0.25, -0.2) is 9.18 Å². The molecule has 1 heterocycles. The molecule has 1 aromatic heterocycles. The highest BCUT2D eigenvalue weighted by molar-refractivity contribution is 6.32. The summed E-state index contributed by atoms with van der Waals surface area (Å²) in [5, 5.41) is 0.193. The Morgan fingerprint density at radius 1 is 1.08 bits per heavy atom. The maximum absolute atomic E-state index is 14.4. The van der Waals surface area contributed by atoms with Crippen molar-refractivity contribution in [2.45, 2.75) is 0 Å². The van der Waals surface area contributed by atoms with Crippen molar-refractivity contribution < 1.29 is 23.5 Å². The van der Waals surface area contributed by atoms with E-state index < -0.39 is 11.8 Å².